The smallest absolute Gasteiger partial charge is 0.273 e. The molecule has 2 aliphatic rings. The highest BCUT2D eigenvalue weighted by atomic mass is 32.2. The van der Waals surface area contributed by atoms with Crippen LogP contribution in [0.15, 0.2) is 58.6 Å². The first-order valence-corrected chi connectivity index (χ1v) is 11.2. The summed E-state index contributed by atoms with van der Waals surface area (Å²) in [6.45, 7) is 0.383. The number of ether oxygens (including phenoxy) is 1. The fourth-order valence-electron chi connectivity index (χ4n) is 3.76. The molecule has 1 fully saturated rings. The van der Waals surface area contributed by atoms with Crippen molar-refractivity contribution < 1.29 is 27.2 Å². The summed E-state index contributed by atoms with van der Waals surface area (Å²) in [4.78, 5) is 18.2. The Morgan fingerprint density at radius 1 is 1.19 bits per heavy atom. The Hall–Kier alpha value is -2.98. The summed E-state index contributed by atoms with van der Waals surface area (Å²) in [6.07, 6.45) is 1.33. The van der Waals surface area contributed by atoms with Crippen molar-refractivity contribution >= 4 is 27.3 Å². The molecule has 1 unspecified atom stereocenters. The van der Waals surface area contributed by atoms with Gasteiger partial charge in [-0.3, -0.25) is 4.79 Å². The highest BCUT2D eigenvalue weighted by molar-refractivity contribution is 7.89. The number of piperidine rings is 1. The van der Waals surface area contributed by atoms with Gasteiger partial charge in [-0.15, -0.1) is 0 Å². The number of oxime groups is 1. The van der Waals surface area contributed by atoms with Crippen molar-refractivity contribution in [2.45, 2.75) is 29.8 Å². The van der Waals surface area contributed by atoms with E-state index in [2.05, 4.69) is 10.5 Å². The van der Waals surface area contributed by atoms with Gasteiger partial charge < -0.3 is 14.9 Å². The first-order valence-electron chi connectivity index (χ1n) is 9.78. The summed E-state index contributed by atoms with van der Waals surface area (Å²) < 4.78 is 45.5. The molecule has 164 valence electrons. The van der Waals surface area contributed by atoms with Crippen molar-refractivity contribution in [3.63, 3.8) is 0 Å². The van der Waals surface area contributed by atoms with Gasteiger partial charge in [-0.1, -0.05) is 5.16 Å². The summed E-state index contributed by atoms with van der Waals surface area (Å²) in [5.41, 5.74) is -0.103. The maximum atomic E-state index is 13.2. The number of rotatable bonds is 5. The number of nitrogens with one attached hydrogen (secondary N) is 1. The lowest BCUT2D eigenvalue weighted by atomic mass is 9.89. The van der Waals surface area contributed by atoms with Gasteiger partial charge in [-0.25, -0.2) is 12.8 Å². The van der Waals surface area contributed by atoms with E-state index in [1.165, 1.54) is 16.4 Å². The van der Waals surface area contributed by atoms with Crippen LogP contribution in [0.25, 0.3) is 0 Å². The average Bonchev–Trinajstić information content (AvgIpc) is 3.18. The van der Waals surface area contributed by atoms with E-state index in [0.29, 0.717) is 30.8 Å². The SMILES string of the molecule is COc1ccc(NC(=O)C2=NOC3(CCCN(S(=O)(=O)c4ccc(F)cc4)C3)C2)cc1. The number of benzene rings is 2. The van der Waals surface area contributed by atoms with Crippen LogP contribution in [0.1, 0.15) is 19.3 Å². The van der Waals surface area contributed by atoms with Gasteiger partial charge in [0.25, 0.3) is 5.91 Å². The number of hydrogen-bond donors (Lipinski definition) is 1. The molecule has 0 radical (unpaired) electrons. The van der Waals surface area contributed by atoms with Crippen LogP contribution in [-0.2, 0) is 19.7 Å². The molecular weight excluding hydrogens is 425 g/mol. The number of hydrogen-bond acceptors (Lipinski definition) is 6. The predicted octanol–water partition coefficient (Wildman–Crippen LogP) is 2.77. The number of nitrogens with zero attached hydrogens (tertiary/aromatic N) is 2. The number of halogens is 1. The summed E-state index contributed by atoms with van der Waals surface area (Å²) in [7, 11) is -2.25. The molecule has 10 heteroatoms. The zero-order chi connectivity index (χ0) is 22.1. The Morgan fingerprint density at radius 3 is 2.58 bits per heavy atom. The van der Waals surface area contributed by atoms with Crippen molar-refractivity contribution in [3.05, 3.63) is 54.3 Å². The highest BCUT2D eigenvalue weighted by Crippen LogP contribution is 2.36. The van der Waals surface area contributed by atoms with Crippen LogP contribution in [0.5, 0.6) is 5.75 Å². The normalized spacial score (nSPS) is 21.4. The van der Waals surface area contributed by atoms with E-state index in [1.807, 2.05) is 0 Å². The van der Waals surface area contributed by atoms with E-state index >= 15 is 0 Å². The molecule has 1 amide bonds. The van der Waals surface area contributed by atoms with E-state index in [9.17, 15) is 17.6 Å². The molecule has 1 N–H and O–H groups in total. The van der Waals surface area contributed by atoms with Gasteiger partial charge in [0.15, 0.2) is 5.60 Å². The Bertz CT molecular complexity index is 1100. The quantitative estimate of drug-likeness (QED) is 0.760. The monoisotopic (exact) mass is 447 g/mol. The van der Waals surface area contributed by atoms with Crippen LogP contribution in [0, 0.1) is 5.82 Å². The van der Waals surface area contributed by atoms with Gasteiger partial charge in [-0.05, 0) is 61.4 Å². The maximum Gasteiger partial charge on any atom is 0.273 e. The number of carbonyl (C=O) groups is 1. The summed E-state index contributed by atoms with van der Waals surface area (Å²) in [5, 5.41) is 6.71. The molecule has 0 aromatic heterocycles. The molecule has 2 heterocycles. The van der Waals surface area contributed by atoms with Gasteiger partial charge in [0.05, 0.1) is 18.6 Å². The second-order valence-corrected chi connectivity index (χ2v) is 9.51. The average molecular weight is 447 g/mol. The van der Waals surface area contributed by atoms with Gasteiger partial charge in [0, 0.05) is 18.7 Å². The lowest BCUT2D eigenvalue weighted by Crippen LogP contribution is -2.50. The van der Waals surface area contributed by atoms with Crippen LogP contribution in [0.2, 0.25) is 0 Å². The van der Waals surface area contributed by atoms with E-state index in [-0.39, 0.29) is 23.6 Å². The molecular formula is C21H22FN3O5S. The number of amides is 1. The van der Waals surface area contributed by atoms with Crippen LogP contribution >= 0.6 is 0 Å². The fraction of sp³-hybridized carbons (Fsp3) is 0.333. The van der Waals surface area contributed by atoms with Crippen molar-refractivity contribution in [2.24, 2.45) is 5.16 Å². The van der Waals surface area contributed by atoms with Crippen molar-refractivity contribution in [2.75, 3.05) is 25.5 Å². The van der Waals surface area contributed by atoms with Gasteiger partial charge in [-0.2, -0.15) is 4.31 Å². The Balaban J connectivity index is 1.43. The molecule has 1 spiro atoms. The van der Waals surface area contributed by atoms with Gasteiger partial charge >= 0.3 is 0 Å². The molecule has 0 saturated carbocycles. The minimum Gasteiger partial charge on any atom is -0.497 e. The van der Waals surface area contributed by atoms with Crippen LogP contribution in [-0.4, -0.2) is 50.1 Å². The van der Waals surface area contributed by atoms with E-state index in [4.69, 9.17) is 9.57 Å². The second-order valence-electron chi connectivity index (χ2n) is 7.57. The molecule has 4 rings (SSSR count). The van der Waals surface area contributed by atoms with Gasteiger partial charge in [0.2, 0.25) is 10.0 Å². The molecule has 8 nitrogen and oxygen atoms in total. The number of anilines is 1. The predicted molar refractivity (Wildman–Crippen MR) is 112 cm³/mol. The third-order valence-electron chi connectivity index (χ3n) is 5.40. The number of methoxy groups -OCH3 is 1. The van der Waals surface area contributed by atoms with Crippen LogP contribution < -0.4 is 10.1 Å². The Labute approximate surface area is 179 Å². The standard InChI is InChI=1S/C21H22FN3O5S/c1-29-17-7-5-16(6-8-17)23-20(26)19-13-21(30-24-19)11-2-12-25(14-21)31(27,28)18-9-3-15(22)4-10-18/h3-10H,2,11-14H2,1H3,(H,23,26). The fourth-order valence-corrected chi connectivity index (χ4v) is 5.31. The second kappa shape index (κ2) is 8.27. The molecule has 2 aromatic rings. The number of sulfonamides is 1. The third-order valence-corrected chi connectivity index (χ3v) is 7.26. The number of carbonyl (C=O) groups excluding carboxylic acids is 1. The lowest BCUT2D eigenvalue weighted by molar-refractivity contribution is -0.110. The zero-order valence-corrected chi connectivity index (χ0v) is 17.7. The molecule has 0 aliphatic carbocycles. The maximum absolute atomic E-state index is 13.2. The largest absolute Gasteiger partial charge is 0.497 e. The lowest BCUT2D eigenvalue weighted by Gasteiger charge is -2.37. The first-order chi connectivity index (χ1) is 14.8. The van der Waals surface area contributed by atoms with E-state index < -0.39 is 27.3 Å². The zero-order valence-electron chi connectivity index (χ0n) is 16.9. The highest BCUT2D eigenvalue weighted by Gasteiger charge is 2.47. The van der Waals surface area contributed by atoms with Gasteiger partial charge in [0.1, 0.15) is 17.3 Å². The Kier molecular flexibility index (Phi) is 5.67. The Morgan fingerprint density at radius 2 is 1.90 bits per heavy atom. The van der Waals surface area contributed by atoms with Crippen molar-refractivity contribution in [3.8, 4) is 5.75 Å². The molecule has 1 saturated heterocycles. The van der Waals surface area contributed by atoms with Crippen LogP contribution in [0.4, 0.5) is 10.1 Å². The molecule has 1 atom stereocenters. The van der Waals surface area contributed by atoms with E-state index in [0.717, 1.165) is 12.1 Å². The minimum absolute atomic E-state index is 0.0161. The van der Waals surface area contributed by atoms with E-state index in [1.54, 1.807) is 31.4 Å². The van der Waals surface area contributed by atoms with Crippen LogP contribution in [0.3, 0.4) is 0 Å². The molecule has 2 aromatic carbocycles. The molecule has 0 bridgehead atoms. The summed E-state index contributed by atoms with van der Waals surface area (Å²) in [5.74, 6) is -0.238. The summed E-state index contributed by atoms with van der Waals surface area (Å²) in [6, 6.07) is 11.6. The van der Waals surface area contributed by atoms with Crippen molar-refractivity contribution in [1.29, 1.82) is 0 Å². The topological polar surface area (TPSA) is 97.3 Å². The minimum atomic E-state index is -3.81. The van der Waals surface area contributed by atoms with Crippen molar-refractivity contribution in [1.82, 2.24) is 4.31 Å². The summed E-state index contributed by atoms with van der Waals surface area (Å²) >= 11 is 0. The molecule has 2 aliphatic heterocycles. The molecule has 31 heavy (non-hydrogen) atoms. The first kappa shape index (κ1) is 21.3. The third kappa shape index (κ3) is 4.40.